The highest BCUT2D eigenvalue weighted by Gasteiger charge is 2.31. The Balaban J connectivity index is 2.16. The van der Waals surface area contributed by atoms with Crippen LogP contribution in [0, 0.1) is 0 Å². The Morgan fingerprint density at radius 1 is 1.53 bits per heavy atom. The molecule has 1 fully saturated rings. The fourth-order valence-electron chi connectivity index (χ4n) is 2.37. The molecule has 106 valence electrons. The molecule has 0 amide bonds. The van der Waals surface area contributed by atoms with Crippen LogP contribution in [0.5, 0.6) is 0 Å². The summed E-state index contributed by atoms with van der Waals surface area (Å²) in [5, 5.41) is 0.359. The maximum atomic E-state index is 12.3. The van der Waals surface area contributed by atoms with Crippen LogP contribution in [0.4, 0.5) is 5.82 Å². The van der Waals surface area contributed by atoms with Crippen molar-refractivity contribution in [1.29, 1.82) is 0 Å². The van der Waals surface area contributed by atoms with Crippen LogP contribution in [0.15, 0.2) is 23.2 Å². The summed E-state index contributed by atoms with van der Waals surface area (Å²) >= 11 is 1.81. The second-order valence-electron chi connectivity index (χ2n) is 4.54. The minimum atomic E-state index is -3.58. The van der Waals surface area contributed by atoms with Crippen molar-refractivity contribution < 1.29 is 8.42 Å². The van der Waals surface area contributed by atoms with Gasteiger partial charge < -0.3 is 5.73 Å². The van der Waals surface area contributed by atoms with Gasteiger partial charge in [-0.1, -0.05) is 13.3 Å². The lowest BCUT2D eigenvalue weighted by Crippen LogP contribution is -2.39. The number of hydrogen-bond acceptors (Lipinski definition) is 5. The number of nitrogens with zero attached hydrogens (tertiary/aromatic N) is 1. The molecule has 1 aliphatic carbocycles. The number of rotatable bonds is 5. The van der Waals surface area contributed by atoms with Crippen molar-refractivity contribution in [2.75, 3.05) is 11.5 Å². The predicted octanol–water partition coefficient (Wildman–Crippen LogP) is 1.62. The first-order valence-corrected chi connectivity index (χ1v) is 8.92. The standard InChI is InChI=1S/C12H19N3O2S2/c1-2-18-10-6-3-5-9(10)15-19(16,17)11-7-4-8-14-12(11)13/h4,7-10,15H,2-3,5-6H2,1H3,(H2,13,14). The maximum Gasteiger partial charge on any atom is 0.244 e. The number of aromatic nitrogens is 1. The van der Waals surface area contributed by atoms with Crippen LogP contribution in [-0.2, 0) is 10.0 Å². The molecule has 1 aliphatic rings. The quantitative estimate of drug-likeness (QED) is 0.863. The van der Waals surface area contributed by atoms with Crippen molar-refractivity contribution >= 4 is 27.6 Å². The Morgan fingerprint density at radius 2 is 2.32 bits per heavy atom. The average Bonchev–Trinajstić information content (AvgIpc) is 2.77. The summed E-state index contributed by atoms with van der Waals surface area (Å²) in [6.45, 7) is 2.09. The Bertz CT molecular complexity index is 534. The zero-order valence-electron chi connectivity index (χ0n) is 10.9. The largest absolute Gasteiger partial charge is 0.383 e. The number of sulfonamides is 1. The SMILES string of the molecule is CCSC1CCCC1NS(=O)(=O)c1cccnc1N. The molecule has 1 heterocycles. The van der Waals surface area contributed by atoms with E-state index in [0.717, 1.165) is 25.0 Å². The van der Waals surface area contributed by atoms with Crippen molar-refractivity contribution in [1.82, 2.24) is 9.71 Å². The number of hydrogen-bond donors (Lipinski definition) is 2. The third-order valence-corrected chi connectivity index (χ3v) is 6.09. The van der Waals surface area contributed by atoms with E-state index in [2.05, 4.69) is 16.6 Å². The molecule has 1 saturated carbocycles. The molecule has 1 aromatic rings. The van der Waals surface area contributed by atoms with E-state index >= 15 is 0 Å². The number of pyridine rings is 1. The maximum absolute atomic E-state index is 12.3. The molecule has 0 bridgehead atoms. The van der Waals surface area contributed by atoms with E-state index in [0.29, 0.717) is 5.25 Å². The molecule has 0 radical (unpaired) electrons. The van der Waals surface area contributed by atoms with Gasteiger partial charge in [0.2, 0.25) is 10.0 Å². The Kier molecular flexibility index (Phi) is 4.70. The highest BCUT2D eigenvalue weighted by molar-refractivity contribution is 8.00. The van der Waals surface area contributed by atoms with Crippen LogP contribution in [0.2, 0.25) is 0 Å². The van der Waals surface area contributed by atoms with Crippen molar-refractivity contribution in [2.45, 2.75) is 42.4 Å². The van der Waals surface area contributed by atoms with Crippen molar-refractivity contribution in [3.63, 3.8) is 0 Å². The molecule has 0 saturated heterocycles. The van der Waals surface area contributed by atoms with E-state index in [4.69, 9.17) is 5.73 Å². The summed E-state index contributed by atoms with van der Waals surface area (Å²) in [5.41, 5.74) is 5.64. The molecule has 0 spiro atoms. The second-order valence-corrected chi connectivity index (χ2v) is 7.74. The highest BCUT2D eigenvalue weighted by atomic mass is 32.2. The first-order valence-electron chi connectivity index (χ1n) is 6.39. The fraction of sp³-hybridized carbons (Fsp3) is 0.583. The van der Waals surface area contributed by atoms with Crippen LogP contribution in [0.25, 0.3) is 0 Å². The predicted molar refractivity (Wildman–Crippen MR) is 78.5 cm³/mol. The summed E-state index contributed by atoms with van der Waals surface area (Å²) in [6, 6.07) is 3.06. The minimum absolute atomic E-state index is 0.00504. The summed E-state index contributed by atoms with van der Waals surface area (Å²) in [4.78, 5) is 3.90. The Morgan fingerprint density at radius 3 is 3.00 bits per heavy atom. The van der Waals surface area contributed by atoms with Crippen LogP contribution >= 0.6 is 11.8 Å². The number of thioether (sulfide) groups is 1. The van der Waals surface area contributed by atoms with Gasteiger partial charge in [0.25, 0.3) is 0 Å². The van der Waals surface area contributed by atoms with E-state index in [-0.39, 0.29) is 16.8 Å². The monoisotopic (exact) mass is 301 g/mol. The molecule has 2 unspecified atom stereocenters. The third kappa shape index (κ3) is 3.40. The van der Waals surface area contributed by atoms with E-state index in [9.17, 15) is 8.42 Å². The molecule has 3 N–H and O–H groups in total. The van der Waals surface area contributed by atoms with Gasteiger partial charge in [0, 0.05) is 17.5 Å². The molecule has 2 rings (SSSR count). The first kappa shape index (κ1) is 14.6. The van der Waals surface area contributed by atoms with Gasteiger partial charge in [-0.15, -0.1) is 0 Å². The molecule has 7 heteroatoms. The Labute approximate surface area is 118 Å². The molecule has 0 aromatic carbocycles. The molecular weight excluding hydrogens is 282 g/mol. The lowest BCUT2D eigenvalue weighted by atomic mass is 10.3. The van der Waals surface area contributed by atoms with E-state index < -0.39 is 10.0 Å². The zero-order valence-corrected chi connectivity index (χ0v) is 12.5. The van der Waals surface area contributed by atoms with Gasteiger partial charge in [0.1, 0.15) is 10.7 Å². The van der Waals surface area contributed by atoms with Gasteiger partial charge in [-0.25, -0.2) is 18.1 Å². The van der Waals surface area contributed by atoms with Crippen molar-refractivity contribution in [3.8, 4) is 0 Å². The lowest BCUT2D eigenvalue weighted by Gasteiger charge is -2.20. The lowest BCUT2D eigenvalue weighted by molar-refractivity contribution is 0.555. The van der Waals surface area contributed by atoms with Crippen molar-refractivity contribution in [3.05, 3.63) is 18.3 Å². The number of nitrogens with one attached hydrogen (secondary N) is 1. The van der Waals surface area contributed by atoms with Crippen LogP contribution in [0.1, 0.15) is 26.2 Å². The average molecular weight is 301 g/mol. The molecular formula is C12H19N3O2S2. The van der Waals surface area contributed by atoms with Gasteiger partial charge in [-0.05, 0) is 30.7 Å². The van der Waals surface area contributed by atoms with E-state index in [1.165, 1.54) is 12.3 Å². The van der Waals surface area contributed by atoms with Gasteiger partial charge in [-0.2, -0.15) is 11.8 Å². The van der Waals surface area contributed by atoms with Crippen molar-refractivity contribution in [2.24, 2.45) is 0 Å². The summed E-state index contributed by atoms with van der Waals surface area (Å²) < 4.78 is 27.4. The molecule has 19 heavy (non-hydrogen) atoms. The van der Waals surface area contributed by atoms with Crippen LogP contribution < -0.4 is 10.5 Å². The van der Waals surface area contributed by atoms with Crippen LogP contribution in [-0.4, -0.2) is 30.4 Å². The second kappa shape index (κ2) is 6.11. The highest BCUT2D eigenvalue weighted by Crippen LogP contribution is 2.31. The third-order valence-electron chi connectivity index (χ3n) is 3.23. The normalized spacial score (nSPS) is 23.6. The molecule has 2 atom stereocenters. The van der Waals surface area contributed by atoms with Gasteiger partial charge >= 0.3 is 0 Å². The minimum Gasteiger partial charge on any atom is -0.383 e. The molecule has 0 aliphatic heterocycles. The summed E-state index contributed by atoms with van der Waals surface area (Å²) in [7, 11) is -3.58. The number of nitrogens with two attached hydrogens (primary N) is 1. The smallest absolute Gasteiger partial charge is 0.244 e. The number of nitrogen functional groups attached to an aromatic ring is 1. The van der Waals surface area contributed by atoms with Crippen LogP contribution in [0.3, 0.4) is 0 Å². The van der Waals surface area contributed by atoms with E-state index in [1.807, 2.05) is 11.8 Å². The van der Waals surface area contributed by atoms with Gasteiger partial charge in [-0.3, -0.25) is 0 Å². The van der Waals surface area contributed by atoms with Gasteiger partial charge in [0.05, 0.1) is 0 Å². The fourth-order valence-corrected chi connectivity index (χ4v) is 5.04. The topological polar surface area (TPSA) is 85.1 Å². The first-order chi connectivity index (χ1) is 9.04. The Hall–Kier alpha value is -0.790. The zero-order chi connectivity index (χ0) is 13.9. The van der Waals surface area contributed by atoms with E-state index in [1.54, 1.807) is 6.07 Å². The summed E-state index contributed by atoms with van der Waals surface area (Å²) in [5.74, 6) is 1.05. The van der Waals surface area contributed by atoms with Gasteiger partial charge in [0.15, 0.2) is 0 Å². The number of anilines is 1. The molecule has 5 nitrogen and oxygen atoms in total. The molecule has 1 aromatic heterocycles. The summed E-state index contributed by atoms with van der Waals surface area (Å²) in [6.07, 6.45) is 4.50.